The van der Waals surface area contributed by atoms with E-state index in [0.29, 0.717) is 15.8 Å². The van der Waals surface area contributed by atoms with Gasteiger partial charge in [0, 0.05) is 0 Å². The minimum absolute atomic E-state index is 0.459. The van der Waals surface area contributed by atoms with Gasteiger partial charge in [-0.25, -0.2) is 0 Å². The molecular formula is C10H23As. The Morgan fingerprint density at radius 1 is 1.18 bits per heavy atom. The fourth-order valence-corrected chi connectivity index (χ4v) is 4.23. The van der Waals surface area contributed by atoms with Crippen LogP contribution in [0.1, 0.15) is 46.5 Å². The first-order chi connectivity index (χ1) is 5.31. The van der Waals surface area contributed by atoms with Crippen molar-refractivity contribution in [2.24, 2.45) is 5.92 Å². The monoisotopic (exact) mass is 218 g/mol. The summed E-state index contributed by atoms with van der Waals surface area (Å²) in [5.74, 6) is 0.986. The summed E-state index contributed by atoms with van der Waals surface area (Å²) >= 11 is 0.459. The summed E-state index contributed by atoms with van der Waals surface area (Å²) in [5, 5.41) is 3.15. The van der Waals surface area contributed by atoms with Crippen molar-refractivity contribution in [3.05, 3.63) is 0 Å². The van der Waals surface area contributed by atoms with Gasteiger partial charge in [-0.05, 0) is 0 Å². The average Bonchev–Trinajstić information content (AvgIpc) is 2.04. The van der Waals surface area contributed by atoms with Crippen molar-refractivity contribution in [3.63, 3.8) is 0 Å². The van der Waals surface area contributed by atoms with E-state index in [9.17, 15) is 0 Å². The van der Waals surface area contributed by atoms with Crippen LogP contribution in [0.25, 0.3) is 0 Å². The zero-order valence-corrected chi connectivity index (χ0v) is 10.4. The second-order valence-corrected chi connectivity index (χ2v) is 6.55. The average molecular weight is 218 g/mol. The topological polar surface area (TPSA) is 0 Å². The molecule has 11 heavy (non-hydrogen) atoms. The van der Waals surface area contributed by atoms with E-state index < -0.39 is 0 Å². The summed E-state index contributed by atoms with van der Waals surface area (Å²) in [7, 11) is 0. The molecule has 0 radical (unpaired) electrons. The SMILES string of the molecule is CCCC[AsH]CCC(C)CC. The van der Waals surface area contributed by atoms with Crippen LogP contribution in [0.4, 0.5) is 0 Å². The summed E-state index contributed by atoms with van der Waals surface area (Å²) in [4.78, 5) is 0. The van der Waals surface area contributed by atoms with Crippen molar-refractivity contribution >= 4 is 15.8 Å². The second kappa shape index (κ2) is 8.65. The molecule has 0 fully saturated rings. The Morgan fingerprint density at radius 3 is 2.45 bits per heavy atom. The Morgan fingerprint density at radius 2 is 1.91 bits per heavy atom. The molecule has 1 heteroatoms. The fraction of sp³-hybridized carbons (Fsp3) is 1.00. The Balaban J connectivity index is 2.89. The number of rotatable bonds is 7. The van der Waals surface area contributed by atoms with E-state index in [-0.39, 0.29) is 0 Å². The third-order valence-corrected chi connectivity index (χ3v) is 5.05. The molecule has 0 rings (SSSR count). The van der Waals surface area contributed by atoms with E-state index in [1.807, 2.05) is 0 Å². The number of hydrogen-bond donors (Lipinski definition) is 0. The Bertz CT molecular complexity index is 71.3. The van der Waals surface area contributed by atoms with Gasteiger partial charge in [0.2, 0.25) is 0 Å². The molecule has 0 saturated heterocycles. The summed E-state index contributed by atoms with van der Waals surface area (Å²) in [6.45, 7) is 6.98. The number of unbranched alkanes of at least 4 members (excludes halogenated alkanes) is 1. The van der Waals surface area contributed by atoms with Gasteiger partial charge in [-0.15, -0.1) is 0 Å². The summed E-state index contributed by atoms with van der Waals surface area (Å²) in [6, 6.07) is 0. The molecule has 0 N–H and O–H groups in total. The van der Waals surface area contributed by atoms with Gasteiger partial charge >= 0.3 is 78.5 Å². The molecule has 68 valence electrons. The molecule has 0 aromatic rings. The van der Waals surface area contributed by atoms with Gasteiger partial charge in [-0.3, -0.25) is 0 Å². The molecule has 0 aromatic carbocycles. The third-order valence-electron chi connectivity index (χ3n) is 2.22. The van der Waals surface area contributed by atoms with Gasteiger partial charge in [0.05, 0.1) is 0 Å². The quantitative estimate of drug-likeness (QED) is 0.453. The minimum atomic E-state index is 0.459. The van der Waals surface area contributed by atoms with Gasteiger partial charge in [-0.1, -0.05) is 0 Å². The van der Waals surface area contributed by atoms with Crippen molar-refractivity contribution in [2.75, 3.05) is 0 Å². The van der Waals surface area contributed by atoms with Crippen LogP contribution < -0.4 is 0 Å². The van der Waals surface area contributed by atoms with Crippen LogP contribution in [0.3, 0.4) is 0 Å². The summed E-state index contributed by atoms with van der Waals surface area (Å²) < 4.78 is 0. The van der Waals surface area contributed by atoms with Crippen molar-refractivity contribution in [2.45, 2.75) is 56.9 Å². The van der Waals surface area contributed by atoms with Gasteiger partial charge in [0.15, 0.2) is 0 Å². The van der Waals surface area contributed by atoms with Crippen LogP contribution in [-0.2, 0) is 0 Å². The molecule has 2 atom stereocenters. The van der Waals surface area contributed by atoms with Crippen molar-refractivity contribution in [1.29, 1.82) is 0 Å². The van der Waals surface area contributed by atoms with Crippen LogP contribution >= 0.6 is 0 Å². The molecule has 2 unspecified atom stereocenters. The Hall–Kier alpha value is 0.558. The van der Waals surface area contributed by atoms with E-state index in [2.05, 4.69) is 20.8 Å². The van der Waals surface area contributed by atoms with Gasteiger partial charge < -0.3 is 0 Å². The Labute approximate surface area is 78.8 Å². The third kappa shape index (κ3) is 8.46. The van der Waals surface area contributed by atoms with E-state index in [1.165, 1.54) is 25.7 Å². The first kappa shape index (κ1) is 11.6. The molecule has 0 aliphatic carbocycles. The van der Waals surface area contributed by atoms with Crippen molar-refractivity contribution in [1.82, 2.24) is 0 Å². The maximum absolute atomic E-state index is 2.38. The van der Waals surface area contributed by atoms with Gasteiger partial charge in [-0.2, -0.15) is 0 Å². The zero-order chi connectivity index (χ0) is 8.53. The molecule has 0 saturated carbocycles. The molecule has 0 bridgehead atoms. The van der Waals surface area contributed by atoms with E-state index in [0.717, 1.165) is 5.92 Å². The molecular weight excluding hydrogens is 195 g/mol. The molecule has 0 aromatic heterocycles. The van der Waals surface area contributed by atoms with Crippen LogP contribution in [0.5, 0.6) is 0 Å². The van der Waals surface area contributed by atoms with Crippen LogP contribution in [-0.4, -0.2) is 15.8 Å². The summed E-state index contributed by atoms with van der Waals surface area (Å²) in [6.07, 6.45) is 5.76. The first-order valence-electron chi connectivity index (χ1n) is 5.02. The standard InChI is InChI=1S/C10H23As/c1-4-6-8-11-9-7-10(3)5-2/h10-11H,4-9H2,1-3H3. The van der Waals surface area contributed by atoms with E-state index in [1.54, 1.807) is 10.4 Å². The van der Waals surface area contributed by atoms with Crippen molar-refractivity contribution in [3.8, 4) is 0 Å². The molecule has 0 aliphatic rings. The van der Waals surface area contributed by atoms with E-state index in [4.69, 9.17) is 0 Å². The number of hydrogen-bond acceptors (Lipinski definition) is 0. The van der Waals surface area contributed by atoms with Crippen LogP contribution in [0.2, 0.25) is 10.4 Å². The van der Waals surface area contributed by atoms with Gasteiger partial charge in [0.1, 0.15) is 0 Å². The van der Waals surface area contributed by atoms with Crippen LogP contribution in [0.15, 0.2) is 0 Å². The maximum atomic E-state index is 2.38. The molecule has 0 aliphatic heterocycles. The fourth-order valence-electron chi connectivity index (χ4n) is 0.979. The predicted octanol–water partition coefficient (Wildman–Crippen LogP) is 3.50. The molecule has 0 spiro atoms. The molecule has 0 amide bonds. The predicted molar refractivity (Wildman–Crippen MR) is 55.7 cm³/mol. The van der Waals surface area contributed by atoms with Crippen LogP contribution in [0, 0.1) is 5.92 Å². The summed E-state index contributed by atoms with van der Waals surface area (Å²) in [5.41, 5.74) is 0. The first-order valence-corrected chi connectivity index (χ1v) is 7.98. The van der Waals surface area contributed by atoms with Crippen molar-refractivity contribution < 1.29 is 0 Å². The van der Waals surface area contributed by atoms with Gasteiger partial charge in [0.25, 0.3) is 0 Å². The Kier molecular flexibility index (Phi) is 9.09. The van der Waals surface area contributed by atoms with E-state index >= 15 is 0 Å². The molecule has 0 heterocycles. The zero-order valence-electron chi connectivity index (χ0n) is 8.32. The second-order valence-electron chi connectivity index (χ2n) is 3.41. The normalized spacial score (nSPS) is 14.5. The molecule has 0 nitrogen and oxygen atoms in total.